The summed E-state index contributed by atoms with van der Waals surface area (Å²) in [6.07, 6.45) is 2.13. The number of thioether (sulfide) groups is 1. The van der Waals surface area contributed by atoms with Crippen LogP contribution in [0.2, 0.25) is 0 Å². The number of aromatic nitrogens is 3. The van der Waals surface area contributed by atoms with Crippen LogP contribution in [0.15, 0.2) is 5.16 Å². The number of nitrogens with one attached hydrogen (secondary N) is 1. The van der Waals surface area contributed by atoms with Gasteiger partial charge in [-0.15, -0.1) is 10.2 Å². The molecule has 0 unspecified atom stereocenters. The number of amides is 2. The van der Waals surface area contributed by atoms with Crippen LogP contribution < -0.4 is 11.1 Å². The van der Waals surface area contributed by atoms with E-state index >= 15 is 0 Å². The van der Waals surface area contributed by atoms with Crippen molar-refractivity contribution >= 4 is 23.6 Å². The Kier molecular flexibility index (Phi) is 5.44. The zero-order valence-corrected chi connectivity index (χ0v) is 14.0. The molecular formula is C14H23N5O2S. The van der Waals surface area contributed by atoms with E-state index < -0.39 is 5.91 Å². The SMILES string of the molecule is CC(C)[C@@H](C)NC(=O)CSc1nnc(C2CC2)n1CC(N)=O. The fourth-order valence-corrected chi connectivity index (χ4v) is 2.70. The lowest BCUT2D eigenvalue weighted by Crippen LogP contribution is -2.37. The molecule has 1 fully saturated rings. The number of nitrogens with two attached hydrogens (primary N) is 1. The van der Waals surface area contributed by atoms with Crippen molar-refractivity contribution in [1.82, 2.24) is 20.1 Å². The lowest BCUT2D eigenvalue weighted by molar-refractivity contribution is -0.119. The minimum Gasteiger partial charge on any atom is -0.368 e. The first-order valence-corrected chi connectivity index (χ1v) is 8.50. The largest absolute Gasteiger partial charge is 0.368 e. The quantitative estimate of drug-likeness (QED) is 0.691. The molecule has 0 bridgehead atoms. The zero-order valence-electron chi connectivity index (χ0n) is 13.2. The molecule has 0 spiro atoms. The van der Waals surface area contributed by atoms with Crippen LogP contribution in [0.4, 0.5) is 0 Å². The van der Waals surface area contributed by atoms with Crippen molar-refractivity contribution < 1.29 is 9.59 Å². The molecule has 0 aromatic carbocycles. The minimum absolute atomic E-state index is 0.0483. The highest BCUT2D eigenvalue weighted by molar-refractivity contribution is 7.99. The summed E-state index contributed by atoms with van der Waals surface area (Å²) in [6.45, 7) is 6.16. The summed E-state index contributed by atoms with van der Waals surface area (Å²) >= 11 is 1.29. The fourth-order valence-electron chi connectivity index (χ4n) is 1.95. The van der Waals surface area contributed by atoms with Crippen LogP contribution in [-0.4, -0.2) is 38.4 Å². The molecule has 1 saturated carbocycles. The number of nitrogens with zero attached hydrogens (tertiary/aromatic N) is 3. The third-order valence-electron chi connectivity index (χ3n) is 3.72. The van der Waals surface area contributed by atoms with Gasteiger partial charge < -0.3 is 11.1 Å². The summed E-state index contributed by atoms with van der Waals surface area (Å²) in [7, 11) is 0. The van der Waals surface area contributed by atoms with Gasteiger partial charge in [0, 0.05) is 12.0 Å². The number of primary amides is 1. The molecule has 1 aromatic heterocycles. The van der Waals surface area contributed by atoms with Crippen molar-refractivity contribution in [3.63, 3.8) is 0 Å². The molecule has 1 aliphatic rings. The van der Waals surface area contributed by atoms with Gasteiger partial charge in [0.15, 0.2) is 5.16 Å². The summed E-state index contributed by atoms with van der Waals surface area (Å²) in [6, 6.07) is 0.124. The summed E-state index contributed by atoms with van der Waals surface area (Å²) in [5.41, 5.74) is 5.29. The highest BCUT2D eigenvalue weighted by Crippen LogP contribution is 2.39. The summed E-state index contributed by atoms with van der Waals surface area (Å²) < 4.78 is 1.74. The van der Waals surface area contributed by atoms with Crippen molar-refractivity contribution in [2.24, 2.45) is 11.7 Å². The standard InChI is InChI=1S/C14H23N5O2S/c1-8(2)9(3)16-12(21)7-22-14-18-17-13(10-4-5-10)19(14)6-11(15)20/h8-10H,4-7H2,1-3H3,(H2,15,20)(H,16,21)/t9-/m1/s1. The average molecular weight is 325 g/mol. The van der Waals surface area contributed by atoms with E-state index in [1.807, 2.05) is 6.92 Å². The van der Waals surface area contributed by atoms with Crippen LogP contribution in [-0.2, 0) is 16.1 Å². The number of carbonyl (C=O) groups is 2. The van der Waals surface area contributed by atoms with Gasteiger partial charge >= 0.3 is 0 Å². The van der Waals surface area contributed by atoms with Crippen molar-refractivity contribution in [3.05, 3.63) is 5.82 Å². The van der Waals surface area contributed by atoms with Crippen LogP contribution in [0, 0.1) is 5.92 Å². The minimum atomic E-state index is -0.429. The Hall–Kier alpha value is -1.57. The van der Waals surface area contributed by atoms with Gasteiger partial charge in [-0.3, -0.25) is 14.2 Å². The molecule has 3 N–H and O–H groups in total. The number of rotatable bonds is 8. The van der Waals surface area contributed by atoms with Gasteiger partial charge in [-0.05, 0) is 25.7 Å². The van der Waals surface area contributed by atoms with Crippen LogP contribution in [0.5, 0.6) is 0 Å². The molecule has 1 atom stereocenters. The van der Waals surface area contributed by atoms with E-state index in [1.54, 1.807) is 4.57 Å². The van der Waals surface area contributed by atoms with Crippen molar-refractivity contribution in [2.45, 2.75) is 57.3 Å². The maximum atomic E-state index is 11.9. The van der Waals surface area contributed by atoms with Crippen LogP contribution >= 0.6 is 11.8 Å². The molecule has 2 amide bonds. The smallest absolute Gasteiger partial charge is 0.237 e. The molecule has 122 valence electrons. The first-order chi connectivity index (χ1) is 10.4. The summed E-state index contributed by atoms with van der Waals surface area (Å²) in [5, 5.41) is 11.8. The average Bonchev–Trinajstić information content (AvgIpc) is 3.19. The Labute approximate surface area is 134 Å². The Morgan fingerprint density at radius 3 is 2.59 bits per heavy atom. The van der Waals surface area contributed by atoms with E-state index in [-0.39, 0.29) is 24.2 Å². The molecule has 1 aliphatic carbocycles. The third-order valence-corrected chi connectivity index (χ3v) is 4.69. The van der Waals surface area contributed by atoms with Crippen LogP contribution in [0.1, 0.15) is 45.4 Å². The van der Waals surface area contributed by atoms with Gasteiger partial charge in [-0.1, -0.05) is 25.6 Å². The normalized spacial score (nSPS) is 15.8. The fraction of sp³-hybridized carbons (Fsp3) is 0.714. The van der Waals surface area contributed by atoms with Gasteiger partial charge in [0.05, 0.1) is 5.75 Å². The Morgan fingerprint density at radius 1 is 1.36 bits per heavy atom. The van der Waals surface area contributed by atoms with Crippen molar-refractivity contribution in [1.29, 1.82) is 0 Å². The lowest BCUT2D eigenvalue weighted by atomic mass is 10.1. The zero-order chi connectivity index (χ0) is 16.3. The van der Waals surface area contributed by atoms with E-state index in [9.17, 15) is 9.59 Å². The second-order valence-electron chi connectivity index (χ2n) is 6.06. The topological polar surface area (TPSA) is 103 Å². The highest BCUT2D eigenvalue weighted by atomic mass is 32.2. The summed E-state index contributed by atoms with van der Waals surface area (Å²) in [5.74, 6) is 1.33. The van der Waals surface area contributed by atoms with E-state index in [1.165, 1.54) is 11.8 Å². The Balaban J connectivity index is 1.97. The number of carbonyl (C=O) groups excluding carboxylic acids is 2. The van der Waals surface area contributed by atoms with Gasteiger partial charge in [0.2, 0.25) is 11.8 Å². The first-order valence-electron chi connectivity index (χ1n) is 7.52. The Bertz CT molecular complexity index is 553. The molecule has 0 radical (unpaired) electrons. The van der Waals surface area contributed by atoms with Gasteiger partial charge in [-0.25, -0.2) is 0 Å². The van der Waals surface area contributed by atoms with E-state index in [2.05, 4.69) is 29.4 Å². The van der Waals surface area contributed by atoms with Crippen LogP contribution in [0.3, 0.4) is 0 Å². The van der Waals surface area contributed by atoms with Gasteiger partial charge in [-0.2, -0.15) is 0 Å². The highest BCUT2D eigenvalue weighted by Gasteiger charge is 2.31. The molecule has 0 aliphatic heterocycles. The van der Waals surface area contributed by atoms with E-state index in [0.717, 1.165) is 18.7 Å². The predicted octanol–water partition coefficient (Wildman–Crippen LogP) is 0.894. The van der Waals surface area contributed by atoms with E-state index in [0.29, 0.717) is 17.0 Å². The molecule has 1 heterocycles. The summed E-state index contributed by atoms with van der Waals surface area (Å²) in [4.78, 5) is 23.2. The molecule has 0 saturated heterocycles. The van der Waals surface area contributed by atoms with Crippen molar-refractivity contribution in [2.75, 3.05) is 5.75 Å². The second kappa shape index (κ2) is 7.13. The molecule has 1 aromatic rings. The van der Waals surface area contributed by atoms with Crippen LogP contribution in [0.25, 0.3) is 0 Å². The second-order valence-corrected chi connectivity index (χ2v) is 7.00. The Morgan fingerprint density at radius 2 is 2.05 bits per heavy atom. The molecule has 7 nitrogen and oxygen atoms in total. The predicted molar refractivity (Wildman–Crippen MR) is 84.4 cm³/mol. The molecule has 2 rings (SSSR count). The number of hydrogen-bond acceptors (Lipinski definition) is 5. The van der Waals surface area contributed by atoms with E-state index in [4.69, 9.17) is 5.73 Å². The van der Waals surface area contributed by atoms with Gasteiger partial charge in [0.25, 0.3) is 0 Å². The number of hydrogen-bond donors (Lipinski definition) is 2. The van der Waals surface area contributed by atoms with Gasteiger partial charge in [0.1, 0.15) is 12.4 Å². The maximum absolute atomic E-state index is 11.9. The first kappa shape index (κ1) is 16.8. The van der Waals surface area contributed by atoms with Crippen molar-refractivity contribution in [3.8, 4) is 0 Å². The molecule has 8 heteroatoms. The third kappa shape index (κ3) is 4.46. The molecular weight excluding hydrogens is 302 g/mol. The monoisotopic (exact) mass is 325 g/mol. The lowest BCUT2D eigenvalue weighted by Gasteiger charge is -2.17. The molecule has 22 heavy (non-hydrogen) atoms. The maximum Gasteiger partial charge on any atom is 0.237 e.